The van der Waals surface area contributed by atoms with Crippen molar-refractivity contribution in [2.75, 3.05) is 6.66 Å². The Morgan fingerprint density at radius 3 is 0.958 bits per heavy atom. The summed E-state index contributed by atoms with van der Waals surface area (Å²) in [5.74, 6) is 0. The zero-order valence-electron chi connectivity index (χ0n) is 13.0. The molecule has 0 radical (unpaired) electrons. The molecule has 0 heterocycles. The second-order valence-corrected chi connectivity index (χ2v) is 9.11. The molecular formula is C19H18CuF3P. The molecule has 0 aromatic heterocycles. The molecule has 0 nitrogen and oxygen atoms in total. The number of hydrogen-bond donors (Lipinski definition) is 0. The van der Waals surface area contributed by atoms with E-state index < -0.39 is 22.5 Å². The van der Waals surface area contributed by atoms with Crippen molar-refractivity contribution in [1.29, 1.82) is 0 Å². The van der Waals surface area contributed by atoms with E-state index in [-0.39, 0.29) is 0 Å². The van der Waals surface area contributed by atoms with Gasteiger partial charge in [0.05, 0.1) is 6.66 Å². The normalized spacial score (nSPS) is 11.2. The first-order valence-electron chi connectivity index (χ1n) is 7.19. The molecule has 0 N–H and O–H groups in total. The molecule has 0 aliphatic carbocycles. The van der Waals surface area contributed by atoms with Gasteiger partial charge >= 0.3 is 25.9 Å². The van der Waals surface area contributed by atoms with Gasteiger partial charge in [0.2, 0.25) is 0 Å². The maximum atomic E-state index is 9.69. The summed E-state index contributed by atoms with van der Waals surface area (Å²) in [5.41, 5.74) is 0. The third-order valence-corrected chi connectivity index (χ3v) is 7.81. The van der Waals surface area contributed by atoms with E-state index in [1.54, 1.807) is 0 Å². The predicted octanol–water partition coefficient (Wildman–Crippen LogP) is 4.87. The van der Waals surface area contributed by atoms with Crippen molar-refractivity contribution < 1.29 is 25.9 Å². The van der Waals surface area contributed by atoms with Crippen LogP contribution in [-0.4, -0.2) is 6.66 Å². The Morgan fingerprint density at radius 2 is 0.750 bits per heavy atom. The molecule has 0 amide bonds. The molecule has 3 aromatic rings. The van der Waals surface area contributed by atoms with E-state index in [4.69, 9.17) is 0 Å². The molecule has 0 atom stereocenters. The standard InChI is InChI=1S/C19H18P.Cu.3FH/c1-20(17-11-5-2-6-12-17,18-13-7-3-8-14-18)19-15-9-4-10-16-19;;;;/h2-16H,1H3;;3*1H/q+1;+2;;;/p-3. The zero-order chi connectivity index (χ0) is 17.4. The third kappa shape index (κ3) is 4.70. The topological polar surface area (TPSA) is 0 Å². The van der Waals surface area contributed by atoms with E-state index in [1.807, 2.05) is 0 Å². The first kappa shape index (κ1) is 18.7. The fourth-order valence-corrected chi connectivity index (χ4v) is 5.83. The van der Waals surface area contributed by atoms with E-state index >= 15 is 0 Å². The SMILES string of the molecule is C[P+](c1ccccc1)(c1ccccc1)c1ccccc1.[F][Cu-]([F])[F]. The van der Waals surface area contributed by atoms with Gasteiger partial charge in [-0.25, -0.2) is 0 Å². The van der Waals surface area contributed by atoms with Crippen LogP contribution in [0.2, 0.25) is 0 Å². The Kier molecular flexibility index (Phi) is 7.05. The molecule has 0 aliphatic rings. The average Bonchev–Trinajstić information content (AvgIpc) is 2.63. The first-order valence-corrected chi connectivity index (χ1v) is 10.5. The van der Waals surface area contributed by atoms with Gasteiger partial charge in [0, 0.05) is 0 Å². The predicted molar refractivity (Wildman–Crippen MR) is 94.4 cm³/mol. The van der Waals surface area contributed by atoms with Crippen LogP contribution in [0.15, 0.2) is 91.0 Å². The average molecular weight is 398 g/mol. The second-order valence-electron chi connectivity index (χ2n) is 5.14. The van der Waals surface area contributed by atoms with E-state index in [1.165, 1.54) is 15.9 Å². The summed E-state index contributed by atoms with van der Waals surface area (Å²) in [6.45, 7) is 2.41. The van der Waals surface area contributed by atoms with Gasteiger partial charge in [-0.05, 0) is 36.4 Å². The molecule has 3 rings (SSSR count). The van der Waals surface area contributed by atoms with E-state index in [0.29, 0.717) is 0 Å². The van der Waals surface area contributed by atoms with Gasteiger partial charge in [-0.1, -0.05) is 54.6 Å². The third-order valence-electron chi connectivity index (χ3n) is 3.82. The number of rotatable bonds is 3. The van der Waals surface area contributed by atoms with Gasteiger partial charge in [0.25, 0.3) is 0 Å². The molecular weight excluding hydrogens is 380 g/mol. The van der Waals surface area contributed by atoms with Gasteiger partial charge in [-0.15, -0.1) is 0 Å². The molecule has 0 saturated heterocycles. The minimum atomic E-state index is -3.81. The summed E-state index contributed by atoms with van der Waals surface area (Å²) in [7, 11) is -1.53. The van der Waals surface area contributed by atoms with Crippen LogP contribution in [0.25, 0.3) is 0 Å². The van der Waals surface area contributed by atoms with E-state index in [9.17, 15) is 10.7 Å². The van der Waals surface area contributed by atoms with Gasteiger partial charge in [0.1, 0.15) is 23.2 Å². The van der Waals surface area contributed by atoms with Crippen molar-refractivity contribution in [3.63, 3.8) is 0 Å². The van der Waals surface area contributed by atoms with Gasteiger partial charge < -0.3 is 0 Å². The van der Waals surface area contributed by atoms with Gasteiger partial charge in [-0.2, -0.15) is 0 Å². The molecule has 24 heavy (non-hydrogen) atoms. The van der Waals surface area contributed by atoms with Crippen molar-refractivity contribution in [3.05, 3.63) is 91.0 Å². The zero-order valence-corrected chi connectivity index (χ0v) is 14.9. The van der Waals surface area contributed by atoms with Crippen LogP contribution in [0.1, 0.15) is 0 Å². The summed E-state index contributed by atoms with van der Waals surface area (Å²) in [6.07, 6.45) is 0. The Bertz CT molecular complexity index is 622. The summed E-state index contributed by atoms with van der Waals surface area (Å²) in [6, 6.07) is 32.6. The summed E-state index contributed by atoms with van der Waals surface area (Å²) in [4.78, 5) is 0. The second kappa shape index (κ2) is 9.03. The molecule has 5 heteroatoms. The first-order chi connectivity index (χ1) is 11.5. The van der Waals surface area contributed by atoms with Gasteiger partial charge in [-0.3, -0.25) is 0 Å². The Labute approximate surface area is 147 Å². The van der Waals surface area contributed by atoms with Crippen LogP contribution < -0.4 is 15.9 Å². The van der Waals surface area contributed by atoms with Crippen LogP contribution >= 0.6 is 7.26 Å². The van der Waals surface area contributed by atoms with Crippen LogP contribution in [0.3, 0.4) is 0 Å². The van der Waals surface area contributed by atoms with Crippen molar-refractivity contribution in [2.45, 2.75) is 0 Å². The monoisotopic (exact) mass is 397 g/mol. The van der Waals surface area contributed by atoms with Crippen LogP contribution in [0.5, 0.6) is 0 Å². The number of benzene rings is 3. The van der Waals surface area contributed by atoms with Crippen molar-refractivity contribution >= 4 is 23.2 Å². The minimum absolute atomic E-state index is 1.43. The van der Waals surface area contributed by atoms with Crippen molar-refractivity contribution in [3.8, 4) is 0 Å². The van der Waals surface area contributed by atoms with Crippen LogP contribution in [0.4, 0.5) is 10.7 Å². The molecule has 131 valence electrons. The van der Waals surface area contributed by atoms with Gasteiger partial charge in [0.15, 0.2) is 0 Å². The van der Waals surface area contributed by atoms with Crippen LogP contribution in [0, 0.1) is 0 Å². The number of halogens is 3. The fourth-order valence-electron chi connectivity index (χ4n) is 2.63. The molecule has 0 aliphatic heterocycles. The Hall–Kier alpha value is -1.60. The molecule has 0 saturated carbocycles. The van der Waals surface area contributed by atoms with Crippen LogP contribution in [-0.2, 0) is 15.3 Å². The Morgan fingerprint density at radius 1 is 0.542 bits per heavy atom. The maximum absolute atomic E-state index is 9.69. The molecule has 0 unspecified atom stereocenters. The van der Waals surface area contributed by atoms with E-state index in [2.05, 4.69) is 97.7 Å². The Balaban J connectivity index is 0.000000471. The van der Waals surface area contributed by atoms with Crippen molar-refractivity contribution in [2.24, 2.45) is 0 Å². The molecule has 0 spiro atoms. The fraction of sp³-hybridized carbons (Fsp3) is 0.0526. The molecule has 0 fully saturated rings. The summed E-state index contributed by atoms with van der Waals surface area (Å²) < 4.78 is 29.1. The molecule has 0 bridgehead atoms. The van der Waals surface area contributed by atoms with Crippen molar-refractivity contribution in [1.82, 2.24) is 0 Å². The van der Waals surface area contributed by atoms with E-state index in [0.717, 1.165) is 0 Å². The summed E-state index contributed by atoms with van der Waals surface area (Å²) in [5, 5.41) is 4.28. The quantitative estimate of drug-likeness (QED) is 0.437. The molecule has 3 aromatic carbocycles. The summed E-state index contributed by atoms with van der Waals surface area (Å²) >= 11 is -3.81. The number of hydrogen-bond acceptors (Lipinski definition) is 0.